The number of nitrogen functional groups attached to an aromatic ring is 1. The van der Waals surface area contributed by atoms with Crippen molar-refractivity contribution < 1.29 is 27.8 Å². The van der Waals surface area contributed by atoms with E-state index in [0.29, 0.717) is 36.7 Å². The predicted octanol–water partition coefficient (Wildman–Crippen LogP) is 2.72. The molecule has 1 aromatic carbocycles. The monoisotopic (exact) mass is 595 g/mol. The highest BCUT2D eigenvalue weighted by Crippen LogP contribution is 2.27. The summed E-state index contributed by atoms with van der Waals surface area (Å²) in [6, 6.07) is 10.9. The zero-order valence-electron chi connectivity index (χ0n) is 21.8. The van der Waals surface area contributed by atoms with Crippen molar-refractivity contribution in [2.24, 2.45) is 0 Å². The van der Waals surface area contributed by atoms with Crippen LogP contribution in [0.2, 0.25) is 5.02 Å². The van der Waals surface area contributed by atoms with Gasteiger partial charge in [0.05, 0.1) is 31.0 Å². The van der Waals surface area contributed by atoms with Crippen LogP contribution in [0.5, 0.6) is 0 Å². The van der Waals surface area contributed by atoms with Gasteiger partial charge in [-0.1, -0.05) is 23.7 Å². The Hall–Kier alpha value is -3.87. The molecule has 2 fully saturated rings. The number of halogens is 4. The highest BCUT2D eigenvalue weighted by molar-refractivity contribution is 6.30. The molecule has 0 amide bonds. The molecule has 2 aliphatic heterocycles. The third-order valence-electron chi connectivity index (χ3n) is 6.90. The molecule has 0 saturated carbocycles. The third kappa shape index (κ3) is 8.32. The Morgan fingerprint density at radius 2 is 1.95 bits per heavy atom. The van der Waals surface area contributed by atoms with Gasteiger partial charge < -0.3 is 20.5 Å². The van der Waals surface area contributed by atoms with Gasteiger partial charge in [-0.3, -0.25) is 9.58 Å². The van der Waals surface area contributed by atoms with E-state index in [1.54, 1.807) is 17.1 Å². The number of ether oxygens (including phenoxy) is 1. The van der Waals surface area contributed by atoms with Crippen molar-refractivity contribution in [3.63, 3.8) is 0 Å². The second-order valence-electron chi connectivity index (χ2n) is 9.74. The lowest BCUT2D eigenvalue weighted by Crippen LogP contribution is -2.57. The SMILES string of the molecule is N#Cc1cnn(C[C@H]2CN(C3CCN(c4n[nH]c(N)n4)CC3)[C@@H](Cc3ccc(Cl)cc3)CO2)c1.O=C(O)C(F)(F)F. The summed E-state index contributed by atoms with van der Waals surface area (Å²) in [5, 5.41) is 28.2. The summed E-state index contributed by atoms with van der Waals surface area (Å²) >= 11 is 6.09. The summed E-state index contributed by atoms with van der Waals surface area (Å²) in [5.74, 6) is -1.75. The van der Waals surface area contributed by atoms with E-state index < -0.39 is 12.1 Å². The highest BCUT2D eigenvalue weighted by Gasteiger charge is 2.38. The van der Waals surface area contributed by atoms with Gasteiger partial charge in [-0.25, -0.2) is 9.89 Å². The lowest BCUT2D eigenvalue weighted by Gasteiger charge is -2.46. The van der Waals surface area contributed by atoms with Gasteiger partial charge in [0, 0.05) is 42.9 Å². The Bertz CT molecular complexity index is 1330. The summed E-state index contributed by atoms with van der Waals surface area (Å²) < 4.78 is 39.8. The van der Waals surface area contributed by atoms with Crippen molar-refractivity contribution >= 4 is 29.5 Å². The molecular formula is C25H29ClF3N9O3. The molecule has 2 aliphatic rings. The number of nitrogens with one attached hydrogen (secondary N) is 1. The molecule has 3 aromatic rings. The topological polar surface area (TPSA) is 162 Å². The first-order chi connectivity index (χ1) is 19.5. The number of nitrogens with two attached hydrogens (primary N) is 1. The van der Waals surface area contributed by atoms with Crippen LogP contribution in [0.1, 0.15) is 24.0 Å². The number of morpholine rings is 1. The molecule has 5 rings (SSSR count). The van der Waals surface area contributed by atoms with Gasteiger partial charge in [-0.15, -0.1) is 5.10 Å². The van der Waals surface area contributed by atoms with Crippen LogP contribution in [0.4, 0.5) is 25.1 Å². The van der Waals surface area contributed by atoms with Crippen LogP contribution in [0.3, 0.4) is 0 Å². The molecule has 0 aliphatic carbocycles. The number of H-pyrrole nitrogens is 1. The van der Waals surface area contributed by atoms with E-state index in [1.807, 2.05) is 12.1 Å². The average molecular weight is 596 g/mol. The van der Waals surface area contributed by atoms with Gasteiger partial charge in [0.1, 0.15) is 6.07 Å². The van der Waals surface area contributed by atoms with E-state index in [4.69, 9.17) is 37.2 Å². The second kappa shape index (κ2) is 13.2. The first-order valence-corrected chi connectivity index (χ1v) is 13.2. The van der Waals surface area contributed by atoms with Gasteiger partial charge >= 0.3 is 12.1 Å². The number of anilines is 2. The minimum absolute atomic E-state index is 0.0127. The Kier molecular flexibility index (Phi) is 9.69. The second-order valence-corrected chi connectivity index (χ2v) is 10.2. The molecule has 4 heterocycles. The molecule has 0 bridgehead atoms. The van der Waals surface area contributed by atoms with Gasteiger partial charge in [0.15, 0.2) is 0 Å². The lowest BCUT2D eigenvalue weighted by molar-refractivity contribution is -0.192. The fraction of sp³-hybridized carbons (Fsp3) is 0.480. The van der Waals surface area contributed by atoms with Crippen LogP contribution in [0.15, 0.2) is 36.7 Å². The summed E-state index contributed by atoms with van der Waals surface area (Å²) in [5.41, 5.74) is 7.52. The fourth-order valence-electron chi connectivity index (χ4n) is 4.94. The van der Waals surface area contributed by atoms with Crippen molar-refractivity contribution in [2.45, 2.75) is 50.2 Å². The molecule has 2 atom stereocenters. The summed E-state index contributed by atoms with van der Waals surface area (Å²) in [7, 11) is 0. The number of aliphatic carboxylic acids is 1. The van der Waals surface area contributed by atoms with Gasteiger partial charge in [0.2, 0.25) is 11.9 Å². The number of alkyl halides is 3. The molecule has 12 nitrogen and oxygen atoms in total. The quantitative estimate of drug-likeness (QED) is 0.386. The molecular weight excluding hydrogens is 567 g/mol. The summed E-state index contributed by atoms with van der Waals surface area (Å²) in [4.78, 5) is 18.0. The molecule has 2 saturated heterocycles. The van der Waals surface area contributed by atoms with Crippen molar-refractivity contribution in [3.8, 4) is 6.07 Å². The van der Waals surface area contributed by atoms with E-state index in [1.165, 1.54) is 5.56 Å². The van der Waals surface area contributed by atoms with Crippen LogP contribution in [0, 0.1) is 11.3 Å². The summed E-state index contributed by atoms with van der Waals surface area (Å²) in [6.07, 6.45) is 1.22. The predicted molar refractivity (Wildman–Crippen MR) is 142 cm³/mol. The molecule has 0 unspecified atom stereocenters. The number of carboxylic acids is 1. The average Bonchev–Trinajstić information content (AvgIpc) is 3.59. The first kappa shape index (κ1) is 30.1. The largest absolute Gasteiger partial charge is 0.490 e. The summed E-state index contributed by atoms with van der Waals surface area (Å²) in [6.45, 7) is 3.85. The fourth-order valence-corrected chi connectivity index (χ4v) is 5.07. The van der Waals surface area contributed by atoms with Crippen LogP contribution in [-0.2, 0) is 22.5 Å². The van der Waals surface area contributed by atoms with Crippen LogP contribution >= 0.6 is 11.6 Å². The normalized spacial score (nSPS) is 20.2. The minimum atomic E-state index is -5.08. The maximum Gasteiger partial charge on any atom is 0.490 e. The number of hydrogen-bond donors (Lipinski definition) is 3. The zero-order chi connectivity index (χ0) is 29.6. The lowest BCUT2D eigenvalue weighted by atomic mass is 9.96. The Labute approximate surface area is 238 Å². The van der Waals surface area contributed by atoms with E-state index in [2.05, 4.69) is 48.3 Å². The highest BCUT2D eigenvalue weighted by atomic mass is 35.5. The number of carboxylic acid groups (broad SMARTS) is 1. The molecule has 2 aromatic heterocycles. The van der Waals surface area contributed by atoms with Crippen LogP contribution < -0.4 is 10.6 Å². The molecule has 0 radical (unpaired) electrons. The van der Waals surface area contributed by atoms with Crippen LogP contribution in [-0.4, -0.2) is 91.5 Å². The van der Waals surface area contributed by atoms with E-state index >= 15 is 0 Å². The number of aromatic nitrogens is 5. The Morgan fingerprint density at radius 3 is 2.51 bits per heavy atom. The number of carbonyl (C=O) groups is 1. The van der Waals surface area contributed by atoms with Crippen molar-refractivity contribution in [1.82, 2.24) is 29.9 Å². The molecule has 16 heteroatoms. The van der Waals surface area contributed by atoms with Crippen molar-refractivity contribution in [1.29, 1.82) is 5.26 Å². The molecule has 41 heavy (non-hydrogen) atoms. The molecule has 220 valence electrons. The Balaban J connectivity index is 0.000000493. The number of aromatic amines is 1. The Morgan fingerprint density at radius 1 is 1.27 bits per heavy atom. The maximum absolute atomic E-state index is 10.6. The number of rotatable bonds is 6. The maximum atomic E-state index is 10.6. The number of nitriles is 1. The van der Waals surface area contributed by atoms with Gasteiger partial charge in [-0.2, -0.15) is 28.5 Å². The van der Waals surface area contributed by atoms with Gasteiger partial charge in [-0.05, 0) is 37.0 Å². The molecule has 0 spiro atoms. The van der Waals surface area contributed by atoms with Crippen molar-refractivity contribution in [2.75, 3.05) is 36.9 Å². The number of piperidine rings is 1. The zero-order valence-corrected chi connectivity index (χ0v) is 22.6. The minimum Gasteiger partial charge on any atom is -0.475 e. The van der Waals surface area contributed by atoms with Gasteiger partial charge in [0.25, 0.3) is 0 Å². The number of hydrogen-bond acceptors (Lipinski definition) is 9. The van der Waals surface area contributed by atoms with Crippen molar-refractivity contribution in [3.05, 3.63) is 52.8 Å². The third-order valence-corrected chi connectivity index (χ3v) is 7.15. The standard InChI is InChI=1S/C23H28ClN9O.C2HF3O2/c24-18-3-1-16(2-4-18)9-20-15-34-21(13-32-12-17(10-25)11-27-32)14-33(20)19-5-7-31(8-6-19)23-28-22(26)29-30-23;3-2(4,5)1(6)7/h1-4,11-12,19-21H,5-9,13-15H2,(H3,26,28,29,30);(H,6,7)/t20-,21-;/m0./s1. The van der Waals surface area contributed by atoms with E-state index in [9.17, 15) is 13.2 Å². The first-order valence-electron chi connectivity index (χ1n) is 12.8. The van der Waals surface area contributed by atoms with E-state index in [-0.39, 0.29) is 12.1 Å². The number of nitrogens with zero attached hydrogens (tertiary/aromatic N) is 7. The van der Waals surface area contributed by atoms with Crippen LogP contribution in [0.25, 0.3) is 0 Å². The van der Waals surface area contributed by atoms with E-state index in [0.717, 1.165) is 43.9 Å². The number of benzene rings is 1. The smallest absolute Gasteiger partial charge is 0.475 e. The molecule has 4 N–H and O–H groups in total.